The first kappa shape index (κ1) is 40.8. The Kier molecular flexibility index (Phi) is 15.3. The lowest BCUT2D eigenvalue weighted by Crippen LogP contribution is -2.56. The first-order chi connectivity index (χ1) is 24.1. The Morgan fingerprint density at radius 2 is 1.61 bits per heavy atom. The zero-order chi connectivity index (χ0) is 37.6. The Morgan fingerprint density at radius 1 is 1.00 bits per heavy atom. The molecule has 1 atom stereocenters. The number of hydrogen-bond donors (Lipinski definition) is 4. The molecule has 0 saturated carbocycles. The Hall–Kier alpha value is -4.60. The first-order valence-corrected chi connectivity index (χ1v) is 17.3. The zero-order valence-corrected chi connectivity index (χ0v) is 28.5. The molecule has 3 heterocycles. The SMILES string of the molecule is CCOC(=O)N1CCN(C(=O)C(CCC(=O)O)NC(=O)c2cc(NCCN3CCOCC3)nc(-c3ccccc3)n2)CC1.O=S(=O)(O)C(F)(F)F. The van der Waals surface area contributed by atoms with Gasteiger partial charge in [0.1, 0.15) is 17.6 Å². The third-order valence-corrected chi connectivity index (χ3v) is 8.07. The highest BCUT2D eigenvalue weighted by atomic mass is 32.2. The summed E-state index contributed by atoms with van der Waals surface area (Å²) in [5.74, 6) is -1.33. The summed E-state index contributed by atoms with van der Waals surface area (Å²) in [6.45, 7) is 7.42. The van der Waals surface area contributed by atoms with Crippen molar-refractivity contribution in [1.82, 2.24) is 30.0 Å². The van der Waals surface area contributed by atoms with Crippen molar-refractivity contribution in [2.45, 2.75) is 31.3 Å². The maximum Gasteiger partial charge on any atom is 0.522 e. The van der Waals surface area contributed by atoms with Crippen LogP contribution in [0, 0.1) is 0 Å². The van der Waals surface area contributed by atoms with Crippen LogP contribution in [0.3, 0.4) is 0 Å². The number of piperazine rings is 1. The van der Waals surface area contributed by atoms with Crippen molar-refractivity contribution in [3.8, 4) is 11.4 Å². The average Bonchev–Trinajstić information content (AvgIpc) is 3.10. The fraction of sp³-hybridized carbons (Fsp3) is 0.533. The molecule has 0 bridgehead atoms. The van der Waals surface area contributed by atoms with E-state index in [1.807, 2.05) is 30.3 Å². The summed E-state index contributed by atoms with van der Waals surface area (Å²) < 4.78 is 68.0. The van der Waals surface area contributed by atoms with Gasteiger partial charge in [0.15, 0.2) is 5.82 Å². The molecule has 17 nitrogen and oxygen atoms in total. The van der Waals surface area contributed by atoms with Crippen molar-refractivity contribution in [2.24, 2.45) is 0 Å². The lowest BCUT2D eigenvalue weighted by molar-refractivity contribution is -0.138. The van der Waals surface area contributed by atoms with Gasteiger partial charge in [-0.05, 0) is 13.3 Å². The van der Waals surface area contributed by atoms with Crippen LogP contribution in [-0.4, -0.2) is 150 Å². The van der Waals surface area contributed by atoms with E-state index in [4.69, 9.17) is 22.4 Å². The molecule has 1 aromatic carbocycles. The van der Waals surface area contributed by atoms with Crippen LogP contribution in [-0.2, 0) is 29.2 Å². The number of benzene rings is 1. The lowest BCUT2D eigenvalue weighted by Gasteiger charge is -2.35. The predicted octanol–water partition coefficient (Wildman–Crippen LogP) is 1.55. The van der Waals surface area contributed by atoms with Crippen LogP contribution in [0.4, 0.5) is 23.8 Å². The van der Waals surface area contributed by atoms with Gasteiger partial charge in [-0.3, -0.25) is 23.8 Å². The number of aliphatic carboxylic acids is 1. The summed E-state index contributed by atoms with van der Waals surface area (Å²) in [5, 5.41) is 15.3. The summed E-state index contributed by atoms with van der Waals surface area (Å²) in [5.41, 5.74) is -4.78. The predicted molar refractivity (Wildman–Crippen MR) is 174 cm³/mol. The van der Waals surface area contributed by atoms with E-state index in [0.29, 0.717) is 37.0 Å². The van der Waals surface area contributed by atoms with E-state index in [1.54, 1.807) is 6.92 Å². The molecule has 21 heteroatoms. The van der Waals surface area contributed by atoms with Crippen LogP contribution < -0.4 is 10.6 Å². The number of halogens is 3. The van der Waals surface area contributed by atoms with Gasteiger partial charge in [-0.2, -0.15) is 21.6 Å². The number of hydrogen-bond acceptors (Lipinski definition) is 12. The maximum absolute atomic E-state index is 13.5. The van der Waals surface area contributed by atoms with E-state index in [-0.39, 0.29) is 51.3 Å². The third-order valence-electron chi connectivity index (χ3n) is 7.49. The molecule has 4 rings (SSSR count). The normalized spacial score (nSPS) is 15.9. The Balaban J connectivity index is 0.000000783. The van der Waals surface area contributed by atoms with Gasteiger partial charge in [-0.1, -0.05) is 30.3 Å². The largest absolute Gasteiger partial charge is 0.522 e. The molecule has 2 fully saturated rings. The number of anilines is 1. The number of carboxylic acids is 1. The molecular weight excluding hydrogens is 707 g/mol. The fourth-order valence-electron chi connectivity index (χ4n) is 4.84. The van der Waals surface area contributed by atoms with Crippen LogP contribution >= 0.6 is 0 Å². The summed E-state index contributed by atoms with van der Waals surface area (Å²) in [4.78, 5) is 64.8. The highest BCUT2D eigenvalue weighted by Gasteiger charge is 2.44. The second-order valence-electron chi connectivity index (χ2n) is 11.1. The van der Waals surface area contributed by atoms with E-state index in [9.17, 15) is 37.5 Å². The third kappa shape index (κ3) is 13.2. The zero-order valence-electron chi connectivity index (χ0n) is 27.7. The molecule has 282 valence electrons. The fourth-order valence-corrected chi connectivity index (χ4v) is 4.84. The minimum atomic E-state index is -5.84. The Bertz CT molecular complexity index is 1590. The number of rotatable bonds is 12. The Labute approximate surface area is 291 Å². The van der Waals surface area contributed by atoms with Crippen LogP contribution in [0.15, 0.2) is 36.4 Å². The molecule has 0 radical (unpaired) electrons. The molecule has 2 saturated heterocycles. The molecule has 2 aliphatic rings. The number of aromatic nitrogens is 2. The van der Waals surface area contributed by atoms with Gasteiger partial charge in [0.05, 0.1) is 19.8 Å². The number of alkyl halides is 3. The van der Waals surface area contributed by atoms with Crippen LogP contribution in [0.25, 0.3) is 11.4 Å². The smallest absolute Gasteiger partial charge is 0.481 e. The molecule has 4 N–H and O–H groups in total. The summed E-state index contributed by atoms with van der Waals surface area (Å²) in [6, 6.07) is 9.67. The number of morpholine rings is 1. The van der Waals surface area contributed by atoms with Crippen molar-refractivity contribution in [2.75, 3.05) is 77.5 Å². The van der Waals surface area contributed by atoms with Crippen LogP contribution in [0.1, 0.15) is 30.3 Å². The van der Waals surface area contributed by atoms with Crippen LogP contribution in [0.5, 0.6) is 0 Å². The quantitative estimate of drug-likeness (QED) is 0.179. The monoisotopic (exact) mass is 747 g/mol. The lowest BCUT2D eigenvalue weighted by atomic mass is 10.1. The van der Waals surface area contributed by atoms with Gasteiger partial charge in [-0.15, -0.1) is 0 Å². The number of nitrogens with zero attached hydrogens (tertiary/aromatic N) is 5. The summed E-state index contributed by atoms with van der Waals surface area (Å²) >= 11 is 0. The van der Waals surface area contributed by atoms with Crippen molar-refractivity contribution in [3.05, 3.63) is 42.1 Å². The minimum Gasteiger partial charge on any atom is -0.481 e. The van der Waals surface area contributed by atoms with Gasteiger partial charge in [0, 0.05) is 70.4 Å². The van der Waals surface area contributed by atoms with E-state index < -0.39 is 45.5 Å². The van der Waals surface area contributed by atoms with Gasteiger partial charge in [0.2, 0.25) is 5.91 Å². The highest BCUT2D eigenvalue weighted by Crippen LogP contribution is 2.21. The number of carbonyl (C=O) groups is 4. The second-order valence-corrected chi connectivity index (χ2v) is 12.5. The van der Waals surface area contributed by atoms with Crippen LogP contribution in [0.2, 0.25) is 0 Å². The van der Waals surface area contributed by atoms with E-state index in [0.717, 1.165) is 19.6 Å². The molecule has 2 aliphatic heterocycles. The topological polar surface area (TPSA) is 221 Å². The molecule has 0 spiro atoms. The van der Waals surface area contributed by atoms with Gasteiger partial charge in [-0.25, -0.2) is 14.8 Å². The van der Waals surface area contributed by atoms with Gasteiger partial charge >= 0.3 is 27.7 Å². The standard InChI is InChI=1S/C29H39N7O7.CHF3O3S/c1-2-43-29(41)36-14-12-35(13-15-36)28(40)22(8-9-25(37)38)32-27(39)23-20-24(30-10-11-34-16-18-42-19-17-34)33-26(31-23)21-6-4-3-5-7-21;2-1(3,4)8(5,6)7/h3-7,20,22H,2,8-19H2,1H3,(H,32,39)(H,37,38)(H,30,31,33);(H,5,6,7). The molecule has 1 unspecified atom stereocenters. The van der Waals surface area contributed by atoms with E-state index in [1.165, 1.54) is 15.9 Å². The summed E-state index contributed by atoms with van der Waals surface area (Å²) in [6.07, 6.45) is -0.857. The molecule has 0 aliphatic carbocycles. The summed E-state index contributed by atoms with van der Waals surface area (Å²) in [7, 11) is -5.84. The van der Waals surface area contributed by atoms with Crippen molar-refractivity contribution < 1.29 is 59.9 Å². The van der Waals surface area contributed by atoms with Gasteiger partial charge in [0.25, 0.3) is 5.91 Å². The second kappa shape index (κ2) is 19.1. The van der Waals surface area contributed by atoms with Crippen molar-refractivity contribution in [1.29, 1.82) is 0 Å². The Morgan fingerprint density at radius 3 is 2.18 bits per heavy atom. The average molecular weight is 748 g/mol. The molecule has 2 aromatic rings. The molecular formula is C30H40F3N7O10S. The molecule has 1 aromatic heterocycles. The van der Waals surface area contributed by atoms with Crippen molar-refractivity contribution in [3.63, 3.8) is 0 Å². The number of amides is 3. The number of nitrogens with one attached hydrogen (secondary N) is 2. The van der Waals surface area contributed by atoms with Gasteiger partial charge < -0.3 is 35.0 Å². The number of carboxylic acid groups (broad SMARTS) is 1. The number of ether oxygens (including phenoxy) is 2. The van der Waals surface area contributed by atoms with E-state index in [2.05, 4.69) is 25.5 Å². The molecule has 3 amide bonds. The first-order valence-electron chi connectivity index (χ1n) is 15.8. The number of carbonyl (C=O) groups excluding carboxylic acids is 3. The molecule has 51 heavy (non-hydrogen) atoms. The highest BCUT2D eigenvalue weighted by molar-refractivity contribution is 7.86. The maximum atomic E-state index is 13.5. The minimum absolute atomic E-state index is 0.0444. The van der Waals surface area contributed by atoms with Crippen molar-refractivity contribution >= 4 is 39.8 Å². The van der Waals surface area contributed by atoms with E-state index >= 15 is 0 Å².